The Labute approximate surface area is 177 Å². The lowest BCUT2D eigenvalue weighted by Crippen LogP contribution is -2.28. The number of carbonyl (C=O) groups is 1. The van der Waals surface area contributed by atoms with Crippen LogP contribution in [0.25, 0.3) is 0 Å². The summed E-state index contributed by atoms with van der Waals surface area (Å²) in [6, 6.07) is 7.87. The highest BCUT2D eigenvalue weighted by atomic mass is 32.2. The summed E-state index contributed by atoms with van der Waals surface area (Å²) in [5, 5.41) is 5.64. The third-order valence-electron chi connectivity index (χ3n) is 4.25. The summed E-state index contributed by atoms with van der Waals surface area (Å²) in [6.07, 6.45) is 0.671. The molecule has 1 atom stereocenters. The first-order valence-electron chi connectivity index (χ1n) is 9.00. The summed E-state index contributed by atoms with van der Waals surface area (Å²) < 4.78 is 53.3. The van der Waals surface area contributed by atoms with Crippen LogP contribution >= 0.6 is 11.3 Å². The molecule has 0 radical (unpaired) electrons. The van der Waals surface area contributed by atoms with E-state index in [1.165, 1.54) is 35.6 Å². The van der Waals surface area contributed by atoms with Gasteiger partial charge in [0.1, 0.15) is 5.01 Å². The van der Waals surface area contributed by atoms with Gasteiger partial charge in [0.2, 0.25) is 0 Å². The topological polar surface area (TPSA) is 88.2 Å². The van der Waals surface area contributed by atoms with Gasteiger partial charge in [-0.3, -0.25) is 9.52 Å². The van der Waals surface area contributed by atoms with Crippen molar-refractivity contribution in [2.45, 2.75) is 31.2 Å². The van der Waals surface area contributed by atoms with E-state index in [0.29, 0.717) is 18.1 Å². The van der Waals surface area contributed by atoms with E-state index in [1.807, 2.05) is 19.2 Å². The Morgan fingerprint density at radius 2 is 1.83 bits per heavy atom. The van der Waals surface area contributed by atoms with Crippen LogP contribution in [0.15, 0.2) is 52.7 Å². The number of hydrogen-bond donors (Lipinski definition) is 2. The van der Waals surface area contributed by atoms with Crippen molar-refractivity contribution in [3.63, 3.8) is 0 Å². The van der Waals surface area contributed by atoms with E-state index >= 15 is 0 Å². The number of benzene rings is 2. The molecule has 1 heterocycles. The molecular formula is C20H19F2N3O3S2. The summed E-state index contributed by atoms with van der Waals surface area (Å²) >= 11 is 1.48. The number of thiazole rings is 1. The maximum absolute atomic E-state index is 13.3. The van der Waals surface area contributed by atoms with Gasteiger partial charge in [0, 0.05) is 22.3 Å². The standard InChI is InChI=1S/C20H19F2N3O3S2/c1-3-18(20-23-12(2)11-29-20)24-19(26)13-4-6-14(7-5-13)25-30(27,28)15-8-9-16(21)17(22)10-15/h4-11,18,25H,3H2,1-2H3,(H,24,26). The lowest BCUT2D eigenvalue weighted by atomic mass is 10.1. The molecule has 0 bridgehead atoms. The van der Waals surface area contributed by atoms with Crippen LogP contribution in [0.3, 0.4) is 0 Å². The largest absolute Gasteiger partial charge is 0.343 e. The molecule has 6 nitrogen and oxygen atoms in total. The Morgan fingerprint density at radius 3 is 2.40 bits per heavy atom. The van der Waals surface area contributed by atoms with Crippen LogP contribution in [0, 0.1) is 18.6 Å². The van der Waals surface area contributed by atoms with Crippen molar-refractivity contribution in [3.05, 3.63) is 75.7 Å². The van der Waals surface area contributed by atoms with Crippen molar-refractivity contribution in [2.24, 2.45) is 0 Å². The third-order valence-corrected chi connectivity index (χ3v) is 6.70. The number of halogens is 2. The number of sulfonamides is 1. The van der Waals surface area contributed by atoms with Gasteiger partial charge < -0.3 is 5.32 Å². The Bertz CT molecular complexity index is 1160. The minimum atomic E-state index is -4.11. The summed E-state index contributed by atoms with van der Waals surface area (Å²) in [6.45, 7) is 3.83. The number of aryl methyl sites for hydroxylation is 1. The SMILES string of the molecule is CCC(NC(=O)c1ccc(NS(=O)(=O)c2ccc(F)c(F)c2)cc1)c1nc(C)cs1. The predicted molar refractivity (Wildman–Crippen MR) is 111 cm³/mol. The summed E-state index contributed by atoms with van der Waals surface area (Å²) in [5.41, 5.74) is 1.41. The van der Waals surface area contributed by atoms with Gasteiger partial charge in [0.25, 0.3) is 15.9 Å². The van der Waals surface area contributed by atoms with E-state index in [4.69, 9.17) is 0 Å². The second-order valence-electron chi connectivity index (χ2n) is 6.52. The van der Waals surface area contributed by atoms with Crippen LogP contribution in [-0.2, 0) is 10.0 Å². The lowest BCUT2D eigenvalue weighted by Gasteiger charge is -2.15. The molecule has 0 fully saturated rings. The van der Waals surface area contributed by atoms with E-state index in [1.54, 1.807) is 0 Å². The Morgan fingerprint density at radius 1 is 1.13 bits per heavy atom. The van der Waals surface area contributed by atoms with Crippen molar-refractivity contribution >= 4 is 33.0 Å². The van der Waals surface area contributed by atoms with Crippen LogP contribution in [-0.4, -0.2) is 19.3 Å². The van der Waals surface area contributed by atoms with Crippen molar-refractivity contribution in [2.75, 3.05) is 4.72 Å². The van der Waals surface area contributed by atoms with Crippen molar-refractivity contribution in [3.8, 4) is 0 Å². The Kier molecular flexibility index (Phi) is 6.47. The fraction of sp³-hybridized carbons (Fsp3) is 0.200. The smallest absolute Gasteiger partial charge is 0.261 e. The Hall–Kier alpha value is -2.85. The molecule has 10 heteroatoms. The van der Waals surface area contributed by atoms with E-state index in [0.717, 1.165) is 22.8 Å². The fourth-order valence-corrected chi connectivity index (χ4v) is 4.66. The van der Waals surface area contributed by atoms with Gasteiger partial charge in [-0.2, -0.15) is 0 Å². The zero-order chi connectivity index (χ0) is 21.9. The normalized spacial score (nSPS) is 12.4. The minimum absolute atomic E-state index is 0.180. The molecule has 0 aliphatic rings. The van der Waals surface area contributed by atoms with Crippen LogP contribution in [0.4, 0.5) is 14.5 Å². The van der Waals surface area contributed by atoms with Crippen LogP contribution in [0.2, 0.25) is 0 Å². The second-order valence-corrected chi connectivity index (χ2v) is 9.09. The van der Waals surface area contributed by atoms with E-state index in [9.17, 15) is 22.0 Å². The number of carbonyl (C=O) groups excluding carboxylic acids is 1. The Balaban J connectivity index is 1.70. The van der Waals surface area contributed by atoms with Gasteiger partial charge in [-0.1, -0.05) is 6.92 Å². The summed E-state index contributed by atoms with van der Waals surface area (Å²) in [4.78, 5) is 16.5. The molecule has 2 N–H and O–H groups in total. The molecule has 1 amide bonds. The van der Waals surface area contributed by atoms with Gasteiger partial charge in [-0.25, -0.2) is 22.2 Å². The van der Waals surface area contributed by atoms with Crippen molar-refractivity contribution in [1.29, 1.82) is 0 Å². The van der Waals surface area contributed by atoms with E-state index in [-0.39, 0.29) is 17.6 Å². The number of aromatic nitrogens is 1. The maximum atomic E-state index is 13.3. The van der Waals surface area contributed by atoms with E-state index < -0.39 is 26.6 Å². The molecule has 3 rings (SSSR count). The highest BCUT2D eigenvalue weighted by molar-refractivity contribution is 7.92. The average Bonchev–Trinajstić information content (AvgIpc) is 3.14. The fourth-order valence-electron chi connectivity index (χ4n) is 2.66. The van der Waals surface area contributed by atoms with Crippen LogP contribution in [0.5, 0.6) is 0 Å². The zero-order valence-corrected chi connectivity index (χ0v) is 17.8. The number of nitrogens with one attached hydrogen (secondary N) is 2. The van der Waals surface area contributed by atoms with Crippen LogP contribution < -0.4 is 10.0 Å². The molecule has 0 saturated carbocycles. The number of hydrogen-bond acceptors (Lipinski definition) is 5. The first kappa shape index (κ1) is 21.8. The average molecular weight is 452 g/mol. The van der Waals surface area contributed by atoms with E-state index in [2.05, 4.69) is 15.0 Å². The molecule has 0 spiro atoms. The first-order valence-corrected chi connectivity index (χ1v) is 11.4. The maximum Gasteiger partial charge on any atom is 0.261 e. The zero-order valence-electron chi connectivity index (χ0n) is 16.1. The number of amides is 1. The van der Waals surface area contributed by atoms with Gasteiger partial charge in [-0.05, 0) is 55.8 Å². The summed E-state index contributed by atoms with van der Waals surface area (Å²) in [5.74, 6) is -2.71. The molecule has 1 unspecified atom stereocenters. The molecule has 0 saturated heterocycles. The molecule has 0 aliphatic carbocycles. The molecule has 30 heavy (non-hydrogen) atoms. The van der Waals surface area contributed by atoms with Crippen LogP contribution in [0.1, 0.15) is 40.4 Å². The molecule has 2 aromatic carbocycles. The van der Waals surface area contributed by atoms with Crippen molar-refractivity contribution in [1.82, 2.24) is 10.3 Å². The molecule has 0 aliphatic heterocycles. The number of rotatable bonds is 7. The monoisotopic (exact) mass is 451 g/mol. The molecule has 1 aromatic heterocycles. The van der Waals surface area contributed by atoms with Gasteiger partial charge in [0.05, 0.1) is 10.9 Å². The lowest BCUT2D eigenvalue weighted by molar-refractivity contribution is 0.0935. The number of nitrogens with zero attached hydrogens (tertiary/aromatic N) is 1. The van der Waals surface area contributed by atoms with Gasteiger partial charge in [0.15, 0.2) is 11.6 Å². The number of anilines is 1. The predicted octanol–water partition coefficient (Wildman–Crippen LogP) is 4.41. The highest BCUT2D eigenvalue weighted by Gasteiger charge is 2.19. The summed E-state index contributed by atoms with van der Waals surface area (Å²) in [7, 11) is -4.11. The minimum Gasteiger partial charge on any atom is -0.343 e. The quantitative estimate of drug-likeness (QED) is 0.557. The second kappa shape index (κ2) is 8.88. The van der Waals surface area contributed by atoms with Crippen molar-refractivity contribution < 1.29 is 22.0 Å². The molecule has 158 valence electrons. The first-order chi connectivity index (χ1) is 14.2. The molecular weight excluding hydrogens is 432 g/mol. The highest BCUT2D eigenvalue weighted by Crippen LogP contribution is 2.22. The van der Waals surface area contributed by atoms with Gasteiger partial charge in [-0.15, -0.1) is 11.3 Å². The molecule has 3 aromatic rings. The third kappa shape index (κ3) is 5.00. The van der Waals surface area contributed by atoms with Gasteiger partial charge >= 0.3 is 0 Å².